The number of guanidine groups is 1. The first kappa shape index (κ1) is 26.1. The van der Waals surface area contributed by atoms with E-state index in [1.807, 2.05) is 92.5 Å². The predicted octanol–water partition coefficient (Wildman–Crippen LogP) is 5.94. The van der Waals surface area contributed by atoms with Crippen molar-refractivity contribution in [1.82, 2.24) is 15.6 Å². The Labute approximate surface area is 232 Å². The molecular weight excluding hydrogens is 512 g/mol. The Morgan fingerprint density at radius 1 is 1.08 bits per heavy atom. The molecule has 0 bridgehead atoms. The van der Waals surface area contributed by atoms with Crippen LogP contribution in [0.1, 0.15) is 24.1 Å². The number of hydrogen-bond donors (Lipinski definition) is 3. The monoisotopic (exact) mass is 540 g/mol. The number of para-hydroxylation sites is 3. The van der Waals surface area contributed by atoms with Gasteiger partial charge < -0.3 is 20.0 Å². The van der Waals surface area contributed by atoms with Crippen molar-refractivity contribution in [2.45, 2.75) is 19.9 Å². The molecule has 0 radical (unpaired) electrons. The minimum absolute atomic E-state index is 0.257. The highest BCUT2D eigenvalue weighted by Gasteiger charge is 2.31. The third kappa shape index (κ3) is 5.51. The quantitative estimate of drug-likeness (QED) is 0.268. The van der Waals surface area contributed by atoms with Gasteiger partial charge in [0.05, 0.1) is 12.1 Å². The van der Waals surface area contributed by atoms with E-state index in [1.165, 1.54) is 0 Å². The van der Waals surface area contributed by atoms with Gasteiger partial charge in [-0.25, -0.2) is 4.99 Å². The van der Waals surface area contributed by atoms with Crippen LogP contribution in [0.2, 0.25) is 5.02 Å². The van der Waals surface area contributed by atoms with Crippen LogP contribution in [-0.4, -0.2) is 30.4 Å². The van der Waals surface area contributed by atoms with Gasteiger partial charge in [0.15, 0.2) is 5.58 Å². The van der Waals surface area contributed by atoms with Crippen LogP contribution in [0.3, 0.4) is 0 Å². The number of carbonyl (C=O) groups is 1. The van der Waals surface area contributed by atoms with Crippen molar-refractivity contribution in [3.63, 3.8) is 0 Å². The van der Waals surface area contributed by atoms with E-state index in [1.54, 1.807) is 6.07 Å². The van der Waals surface area contributed by atoms with Crippen molar-refractivity contribution in [2.75, 3.05) is 23.8 Å². The first-order valence-corrected chi connectivity index (χ1v) is 12.9. The minimum atomic E-state index is -0.658. The number of hydrogen-bond acceptors (Lipinski definition) is 7. The van der Waals surface area contributed by atoms with Gasteiger partial charge in [-0.15, -0.1) is 0 Å². The van der Waals surface area contributed by atoms with Gasteiger partial charge in [0.2, 0.25) is 5.96 Å². The average molecular weight is 541 g/mol. The number of amides is 1. The fourth-order valence-electron chi connectivity index (χ4n) is 4.49. The number of benzene rings is 3. The summed E-state index contributed by atoms with van der Waals surface area (Å²) in [5.41, 5.74) is 6.06. The highest BCUT2D eigenvalue weighted by Crippen LogP contribution is 2.35. The maximum absolute atomic E-state index is 13.6. The van der Waals surface area contributed by atoms with Gasteiger partial charge >= 0.3 is 6.01 Å². The molecule has 3 N–H and O–H groups in total. The van der Waals surface area contributed by atoms with Gasteiger partial charge in [-0.3, -0.25) is 10.1 Å². The van der Waals surface area contributed by atoms with E-state index in [0.717, 1.165) is 22.5 Å². The number of rotatable bonds is 7. The van der Waals surface area contributed by atoms with Crippen LogP contribution >= 0.6 is 11.6 Å². The standard InChI is InChI=1S/C30H29ClN6O2/c1-18-11-5-9-15-24(18)37(4)19(2)17-32-28(38)26-20(3)33-29(35-27(26)21-12-6-7-13-22(21)31)36-30-34-23-14-8-10-16-25(23)39-30/h5-16,27H,2,17H2,1,3-4H3,(H,32,38)(H2,33,34,35,36). The van der Waals surface area contributed by atoms with E-state index in [-0.39, 0.29) is 18.5 Å². The first-order valence-electron chi connectivity index (χ1n) is 12.5. The Morgan fingerprint density at radius 3 is 2.56 bits per heavy atom. The summed E-state index contributed by atoms with van der Waals surface area (Å²) in [6.07, 6.45) is 0. The molecule has 1 aliphatic rings. The van der Waals surface area contributed by atoms with Gasteiger partial charge in [0.25, 0.3) is 5.91 Å². The Bertz CT molecular complexity index is 1590. The molecular formula is C30H29ClN6O2. The van der Waals surface area contributed by atoms with Gasteiger partial charge in [-0.05, 0) is 43.7 Å². The number of likely N-dealkylation sites (N-methyl/N-ethyl adjacent to an activating group) is 1. The van der Waals surface area contributed by atoms with Crippen LogP contribution in [0.4, 0.5) is 11.7 Å². The lowest BCUT2D eigenvalue weighted by molar-refractivity contribution is -0.117. The highest BCUT2D eigenvalue weighted by atomic mass is 35.5. The summed E-state index contributed by atoms with van der Waals surface area (Å²) in [4.78, 5) is 24.8. The normalized spacial score (nSPS) is 15.0. The molecule has 0 saturated carbocycles. The summed E-state index contributed by atoms with van der Waals surface area (Å²) < 4.78 is 5.80. The maximum atomic E-state index is 13.6. The predicted molar refractivity (Wildman–Crippen MR) is 157 cm³/mol. The number of nitrogens with zero attached hydrogens (tertiary/aromatic N) is 3. The van der Waals surface area contributed by atoms with Crippen molar-refractivity contribution in [3.05, 3.63) is 112 Å². The Hall–Kier alpha value is -4.56. The van der Waals surface area contributed by atoms with Crippen molar-refractivity contribution in [1.29, 1.82) is 0 Å². The summed E-state index contributed by atoms with van der Waals surface area (Å²) in [5.74, 6) is 0.123. The molecule has 0 saturated heterocycles. The summed E-state index contributed by atoms with van der Waals surface area (Å²) >= 11 is 6.57. The second-order valence-electron chi connectivity index (χ2n) is 9.27. The minimum Gasteiger partial charge on any atom is -0.423 e. The smallest absolute Gasteiger partial charge is 0.302 e. The van der Waals surface area contributed by atoms with Gasteiger partial charge in [-0.1, -0.05) is 66.7 Å². The van der Waals surface area contributed by atoms with Crippen LogP contribution in [0.25, 0.3) is 11.1 Å². The van der Waals surface area contributed by atoms with E-state index < -0.39 is 6.04 Å². The van der Waals surface area contributed by atoms with E-state index in [4.69, 9.17) is 21.0 Å². The van der Waals surface area contributed by atoms with Gasteiger partial charge in [0, 0.05) is 34.7 Å². The third-order valence-corrected chi connectivity index (χ3v) is 6.95. The molecule has 2 heterocycles. The molecule has 8 nitrogen and oxygen atoms in total. The molecule has 1 amide bonds. The summed E-state index contributed by atoms with van der Waals surface area (Å²) in [6, 6.07) is 22.5. The molecule has 3 aromatic carbocycles. The summed E-state index contributed by atoms with van der Waals surface area (Å²) in [7, 11) is 1.93. The molecule has 0 fully saturated rings. The van der Waals surface area contributed by atoms with Crippen LogP contribution in [0.15, 0.2) is 106 Å². The number of nitrogens with one attached hydrogen (secondary N) is 3. The highest BCUT2D eigenvalue weighted by molar-refractivity contribution is 6.31. The Morgan fingerprint density at radius 2 is 1.79 bits per heavy atom. The number of allylic oxidation sites excluding steroid dienone is 1. The van der Waals surface area contributed by atoms with E-state index in [0.29, 0.717) is 33.4 Å². The van der Waals surface area contributed by atoms with Crippen LogP contribution in [0.5, 0.6) is 0 Å². The lowest BCUT2D eigenvalue weighted by Crippen LogP contribution is -2.40. The average Bonchev–Trinajstić information content (AvgIpc) is 3.33. The molecule has 1 aliphatic heterocycles. The second kappa shape index (κ2) is 11.0. The number of fused-ring (bicyclic) bond motifs is 1. The van der Waals surface area contributed by atoms with Crippen LogP contribution in [0, 0.1) is 6.92 Å². The van der Waals surface area contributed by atoms with E-state index >= 15 is 0 Å². The number of anilines is 2. The number of halogens is 1. The van der Waals surface area contributed by atoms with Crippen LogP contribution in [-0.2, 0) is 4.79 Å². The SMILES string of the molecule is C=C(CNC(=O)C1=C(C)NC(Nc2nc3ccccc3o2)=NC1c1ccccc1Cl)N(C)c1ccccc1C. The summed E-state index contributed by atoms with van der Waals surface area (Å²) in [5, 5.41) is 9.81. The topological polar surface area (TPSA) is 94.8 Å². The number of aryl methyl sites for hydroxylation is 1. The fraction of sp³-hybridized carbons (Fsp3) is 0.167. The zero-order valence-electron chi connectivity index (χ0n) is 22.0. The zero-order valence-corrected chi connectivity index (χ0v) is 22.7. The molecule has 4 aromatic rings. The number of oxazole rings is 1. The molecule has 198 valence electrons. The zero-order chi connectivity index (χ0) is 27.5. The maximum Gasteiger partial charge on any atom is 0.302 e. The lowest BCUT2D eigenvalue weighted by Gasteiger charge is -2.28. The lowest BCUT2D eigenvalue weighted by atomic mass is 9.95. The van der Waals surface area contributed by atoms with Crippen molar-refractivity contribution < 1.29 is 9.21 Å². The molecule has 9 heteroatoms. The number of carbonyl (C=O) groups excluding carboxylic acids is 1. The van der Waals surface area contributed by atoms with Crippen molar-refractivity contribution in [2.24, 2.45) is 4.99 Å². The van der Waals surface area contributed by atoms with Crippen molar-refractivity contribution in [3.8, 4) is 0 Å². The molecule has 5 rings (SSSR count). The molecule has 0 spiro atoms. The summed E-state index contributed by atoms with van der Waals surface area (Å²) in [6.45, 7) is 8.31. The first-order chi connectivity index (χ1) is 18.8. The van der Waals surface area contributed by atoms with Crippen molar-refractivity contribution >= 4 is 46.3 Å². The number of aromatic nitrogens is 1. The molecule has 0 aliphatic carbocycles. The Balaban J connectivity index is 1.38. The molecule has 39 heavy (non-hydrogen) atoms. The van der Waals surface area contributed by atoms with E-state index in [9.17, 15) is 4.79 Å². The largest absolute Gasteiger partial charge is 0.423 e. The number of aliphatic imine (C=N–C) groups is 1. The third-order valence-electron chi connectivity index (χ3n) is 6.61. The van der Waals surface area contributed by atoms with Gasteiger partial charge in [-0.2, -0.15) is 4.98 Å². The van der Waals surface area contributed by atoms with Crippen LogP contribution < -0.4 is 20.9 Å². The van der Waals surface area contributed by atoms with Gasteiger partial charge in [0.1, 0.15) is 11.6 Å². The Kier molecular flexibility index (Phi) is 7.38. The molecule has 1 unspecified atom stereocenters. The molecule has 1 aromatic heterocycles. The second-order valence-corrected chi connectivity index (χ2v) is 9.68. The fourth-order valence-corrected chi connectivity index (χ4v) is 4.73. The van der Waals surface area contributed by atoms with E-state index in [2.05, 4.69) is 27.5 Å². The molecule has 1 atom stereocenters.